The molecule has 0 bridgehead atoms. The van der Waals surface area contributed by atoms with Crippen molar-refractivity contribution in [3.8, 4) is 11.3 Å². The molecule has 11 nitrogen and oxygen atoms in total. The van der Waals surface area contributed by atoms with Gasteiger partial charge in [-0.15, -0.1) is 0 Å². The largest absolute Gasteiger partial charge is 0.355 e. The average molecular weight is 607 g/mol. The number of hydrogen-bond donors (Lipinski definition) is 5. The van der Waals surface area contributed by atoms with Crippen LogP contribution in [0.3, 0.4) is 0 Å². The molecule has 2 heterocycles. The summed E-state index contributed by atoms with van der Waals surface area (Å²) in [5.41, 5.74) is 7.24. The van der Waals surface area contributed by atoms with Crippen LogP contribution in [-0.4, -0.2) is 59.0 Å². The van der Waals surface area contributed by atoms with Gasteiger partial charge in [-0.2, -0.15) is 11.8 Å². The zero-order valence-electron chi connectivity index (χ0n) is 24.0. The van der Waals surface area contributed by atoms with Crippen molar-refractivity contribution in [2.75, 3.05) is 24.2 Å². The molecule has 1 aliphatic heterocycles. The van der Waals surface area contributed by atoms with Crippen LogP contribution in [0, 0.1) is 0 Å². The summed E-state index contributed by atoms with van der Waals surface area (Å²) >= 11 is 1.87. The summed E-state index contributed by atoms with van der Waals surface area (Å²) in [6.45, 7) is 0.723. The second kappa shape index (κ2) is 16.4. The van der Waals surface area contributed by atoms with Gasteiger partial charge in [-0.05, 0) is 43.9 Å². The van der Waals surface area contributed by atoms with Gasteiger partial charge in [-0.1, -0.05) is 54.4 Å². The van der Waals surface area contributed by atoms with Crippen LogP contribution in [-0.2, 0) is 4.79 Å². The number of rotatable bonds is 15. The minimum atomic E-state index is -0.468. The number of aromatic nitrogens is 1. The SMILES string of the molecule is NC(=O)N[C@H]1CS[C@@H](CCCCCC(=O)Nc2cccc(C(=O)NCCCNC(=O)c3cc(-c4ccccc4)on3)c2)C1. The molecule has 1 aromatic heterocycles. The number of hydrogen-bond acceptors (Lipinski definition) is 7. The lowest BCUT2D eigenvalue weighted by atomic mass is 10.1. The number of carbonyl (C=O) groups is 4. The maximum atomic E-state index is 12.6. The Balaban J connectivity index is 1.08. The maximum absolute atomic E-state index is 12.6. The molecule has 0 unspecified atom stereocenters. The van der Waals surface area contributed by atoms with Gasteiger partial charge >= 0.3 is 6.03 Å². The Labute approximate surface area is 255 Å². The van der Waals surface area contributed by atoms with E-state index in [0.717, 1.165) is 43.4 Å². The Kier molecular flexibility index (Phi) is 12.0. The molecule has 4 rings (SSSR count). The summed E-state index contributed by atoms with van der Waals surface area (Å²) in [5.74, 6) is 0.719. The lowest BCUT2D eigenvalue weighted by Gasteiger charge is -2.11. The van der Waals surface area contributed by atoms with Crippen molar-refractivity contribution in [2.45, 2.75) is 56.2 Å². The number of amides is 5. The molecule has 1 saturated heterocycles. The first kappa shape index (κ1) is 31.6. The number of nitrogens with two attached hydrogens (primary N) is 1. The Bertz CT molecular complexity index is 1380. The van der Waals surface area contributed by atoms with Gasteiger partial charge in [-0.25, -0.2) is 4.79 Å². The van der Waals surface area contributed by atoms with E-state index in [9.17, 15) is 19.2 Å². The fourth-order valence-corrected chi connectivity index (χ4v) is 6.24. The number of anilines is 1. The van der Waals surface area contributed by atoms with Crippen LogP contribution < -0.4 is 27.0 Å². The zero-order valence-corrected chi connectivity index (χ0v) is 24.8. The summed E-state index contributed by atoms with van der Waals surface area (Å²) in [6.07, 6.45) is 5.71. The molecule has 0 radical (unpaired) electrons. The number of nitrogens with zero attached hydrogens (tertiary/aromatic N) is 1. The van der Waals surface area contributed by atoms with E-state index in [1.807, 2.05) is 42.1 Å². The van der Waals surface area contributed by atoms with Gasteiger partial charge in [-0.3, -0.25) is 14.4 Å². The highest BCUT2D eigenvalue weighted by atomic mass is 32.2. The van der Waals surface area contributed by atoms with Gasteiger partial charge in [0.2, 0.25) is 5.91 Å². The first-order valence-electron chi connectivity index (χ1n) is 14.5. The second-order valence-electron chi connectivity index (χ2n) is 10.4. The lowest BCUT2D eigenvalue weighted by Crippen LogP contribution is -2.38. The molecular formula is C31H38N6O5S. The summed E-state index contributed by atoms with van der Waals surface area (Å²) < 4.78 is 5.26. The normalized spacial score (nSPS) is 15.9. The van der Waals surface area contributed by atoms with E-state index in [1.54, 1.807) is 30.3 Å². The smallest absolute Gasteiger partial charge is 0.312 e. The Morgan fingerprint density at radius 1 is 0.907 bits per heavy atom. The van der Waals surface area contributed by atoms with Gasteiger partial charge in [0.25, 0.3) is 11.8 Å². The molecule has 228 valence electrons. The highest BCUT2D eigenvalue weighted by molar-refractivity contribution is 8.00. The first-order chi connectivity index (χ1) is 20.9. The molecule has 12 heteroatoms. The van der Waals surface area contributed by atoms with E-state index in [4.69, 9.17) is 10.3 Å². The average Bonchev–Trinajstić information content (AvgIpc) is 3.67. The number of thioether (sulfide) groups is 1. The van der Waals surface area contributed by atoms with E-state index in [0.29, 0.717) is 48.2 Å². The van der Waals surface area contributed by atoms with E-state index in [2.05, 4.69) is 26.4 Å². The van der Waals surface area contributed by atoms with Crippen LogP contribution in [0.15, 0.2) is 65.2 Å². The van der Waals surface area contributed by atoms with Gasteiger partial charge < -0.3 is 31.5 Å². The van der Waals surface area contributed by atoms with Crippen LogP contribution in [0.2, 0.25) is 0 Å². The lowest BCUT2D eigenvalue weighted by molar-refractivity contribution is -0.116. The Morgan fingerprint density at radius 2 is 1.70 bits per heavy atom. The molecule has 0 aliphatic carbocycles. The topological polar surface area (TPSA) is 168 Å². The third-order valence-corrected chi connectivity index (χ3v) is 8.49. The van der Waals surface area contributed by atoms with Crippen molar-refractivity contribution in [3.05, 3.63) is 71.9 Å². The molecule has 2 aromatic carbocycles. The summed E-state index contributed by atoms with van der Waals surface area (Å²) in [6, 6.07) is 17.5. The van der Waals surface area contributed by atoms with Crippen molar-refractivity contribution in [1.82, 2.24) is 21.1 Å². The summed E-state index contributed by atoms with van der Waals surface area (Å²) in [5, 5.41) is 15.6. The molecule has 3 aromatic rings. The summed E-state index contributed by atoms with van der Waals surface area (Å²) in [4.78, 5) is 48.4. The molecule has 0 spiro atoms. The van der Waals surface area contributed by atoms with Crippen LogP contribution in [0.1, 0.15) is 65.8 Å². The van der Waals surface area contributed by atoms with Crippen LogP contribution in [0.5, 0.6) is 0 Å². The quantitative estimate of drug-likeness (QED) is 0.161. The first-order valence-corrected chi connectivity index (χ1v) is 15.6. The van der Waals surface area contributed by atoms with Crippen molar-refractivity contribution in [1.29, 1.82) is 0 Å². The van der Waals surface area contributed by atoms with E-state index in [-0.39, 0.29) is 29.5 Å². The minimum absolute atomic E-state index is 0.0859. The van der Waals surface area contributed by atoms with Crippen molar-refractivity contribution < 1.29 is 23.7 Å². The maximum Gasteiger partial charge on any atom is 0.312 e. The third kappa shape index (κ3) is 10.5. The predicted molar refractivity (Wildman–Crippen MR) is 167 cm³/mol. The number of primary amides is 1. The Morgan fingerprint density at radius 3 is 2.49 bits per heavy atom. The van der Waals surface area contributed by atoms with Crippen molar-refractivity contribution in [3.63, 3.8) is 0 Å². The van der Waals surface area contributed by atoms with Crippen LogP contribution in [0.4, 0.5) is 10.5 Å². The molecule has 1 aliphatic rings. The highest BCUT2D eigenvalue weighted by Crippen LogP contribution is 2.30. The fourth-order valence-electron chi connectivity index (χ4n) is 4.81. The number of urea groups is 1. The van der Waals surface area contributed by atoms with Gasteiger partial charge in [0.1, 0.15) is 0 Å². The molecule has 6 N–H and O–H groups in total. The van der Waals surface area contributed by atoms with Crippen LogP contribution >= 0.6 is 11.8 Å². The molecule has 2 atom stereocenters. The number of benzene rings is 2. The molecular weight excluding hydrogens is 568 g/mol. The fraction of sp³-hybridized carbons (Fsp3) is 0.387. The van der Waals surface area contributed by atoms with E-state index < -0.39 is 6.03 Å². The van der Waals surface area contributed by atoms with Gasteiger partial charge in [0.15, 0.2) is 11.5 Å². The zero-order chi connectivity index (χ0) is 30.4. The standard InChI is InChI=1S/C31H38N6O5S/c32-31(41)36-24-18-25(43-20-24)13-5-2-6-14-28(38)35-23-12-7-11-22(17-23)29(39)33-15-8-16-34-30(40)26-19-27(42-37-26)21-9-3-1-4-10-21/h1,3-4,7,9-12,17,19,24-25H,2,5-6,8,13-16,18,20H2,(H,33,39)(H,34,40)(H,35,38)(H3,32,36,41)/t24-,25+/m1/s1. The Hall–Kier alpha value is -4.32. The number of carbonyl (C=O) groups excluding carboxylic acids is 4. The molecule has 0 saturated carbocycles. The number of nitrogens with one attached hydrogen (secondary N) is 4. The molecule has 1 fully saturated rings. The van der Waals surface area contributed by atoms with Crippen molar-refractivity contribution >= 4 is 41.2 Å². The minimum Gasteiger partial charge on any atom is -0.355 e. The van der Waals surface area contributed by atoms with E-state index in [1.165, 1.54) is 0 Å². The molecule has 43 heavy (non-hydrogen) atoms. The molecule has 5 amide bonds. The van der Waals surface area contributed by atoms with Gasteiger partial charge in [0, 0.05) is 59.4 Å². The highest BCUT2D eigenvalue weighted by Gasteiger charge is 2.25. The predicted octanol–water partition coefficient (Wildman–Crippen LogP) is 4.32. The monoisotopic (exact) mass is 606 g/mol. The number of unbranched alkanes of at least 4 members (excludes halogenated alkanes) is 2. The summed E-state index contributed by atoms with van der Waals surface area (Å²) in [7, 11) is 0. The van der Waals surface area contributed by atoms with Gasteiger partial charge in [0.05, 0.1) is 0 Å². The third-order valence-electron chi connectivity index (χ3n) is 6.99. The van der Waals surface area contributed by atoms with Crippen LogP contribution in [0.25, 0.3) is 11.3 Å². The van der Waals surface area contributed by atoms with Crippen molar-refractivity contribution in [2.24, 2.45) is 5.73 Å². The second-order valence-corrected chi connectivity index (χ2v) is 11.8. The van der Waals surface area contributed by atoms with E-state index >= 15 is 0 Å².